The summed E-state index contributed by atoms with van der Waals surface area (Å²) in [7, 11) is 0. The zero-order chi connectivity index (χ0) is 12.6. The molecule has 2 aromatic rings. The van der Waals surface area contributed by atoms with Crippen LogP contribution in [0.25, 0.3) is 0 Å². The van der Waals surface area contributed by atoms with Crippen LogP contribution in [-0.4, -0.2) is 6.21 Å². The Labute approximate surface area is 108 Å². The van der Waals surface area contributed by atoms with Gasteiger partial charge in [0.05, 0.1) is 0 Å². The highest BCUT2D eigenvalue weighted by Gasteiger charge is 1.93. The second-order valence-electron chi connectivity index (χ2n) is 4.02. The highest BCUT2D eigenvalue weighted by atomic mass is 16.6. The van der Waals surface area contributed by atoms with Crippen molar-refractivity contribution < 1.29 is 4.84 Å². The smallest absolute Gasteiger partial charge is 0.142 e. The van der Waals surface area contributed by atoms with E-state index in [1.54, 1.807) is 0 Å². The lowest BCUT2D eigenvalue weighted by Gasteiger charge is -1.99. The molecule has 0 saturated carbocycles. The van der Waals surface area contributed by atoms with E-state index < -0.39 is 0 Å². The predicted octanol–water partition coefficient (Wildman–Crippen LogP) is 3.68. The summed E-state index contributed by atoms with van der Waals surface area (Å²) >= 11 is 0. The molecule has 0 aliphatic carbocycles. The van der Waals surface area contributed by atoms with E-state index in [9.17, 15) is 0 Å². The largest absolute Gasteiger partial charge is 0.390 e. The van der Waals surface area contributed by atoms with Gasteiger partial charge in [-0.3, -0.25) is 0 Å². The van der Waals surface area contributed by atoms with E-state index in [4.69, 9.17) is 4.84 Å². The van der Waals surface area contributed by atoms with Gasteiger partial charge < -0.3 is 4.84 Å². The van der Waals surface area contributed by atoms with Crippen molar-refractivity contribution in [2.45, 2.75) is 20.0 Å². The molecule has 0 unspecified atom stereocenters. The van der Waals surface area contributed by atoms with Crippen LogP contribution in [0.15, 0.2) is 59.8 Å². The molecule has 0 aromatic heterocycles. The number of benzene rings is 2. The first-order valence-electron chi connectivity index (χ1n) is 6.09. The Bertz CT molecular complexity index is 506. The van der Waals surface area contributed by atoms with Gasteiger partial charge in [-0.15, -0.1) is 0 Å². The van der Waals surface area contributed by atoms with E-state index in [0.717, 1.165) is 17.5 Å². The highest BCUT2D eigenvalue weighted by molar-refractivity contribution is 5.79. The Balaban J connectivity index is 1.87. The molecule has 0 atom stereocenters. The van der Waals surface area contributed by atoms with Gasteiger partial charge in [0.25, 0.3) is 0 Å². The summed E-state index contributed by atoms with van der Waals surface area (Å²) in [6.07, 6.45) is 3.91. The highest BCUT2D eigenvalue weighted by Crippen LogP contribution is 2.04. The standard InChI is InChI=1S/C16H16NO/c1-2-14-9-6-10-16(11-14)12-17-18-13-15-7-4-3-5-8-15/h3-11H,2,13H2,1H3. The molecule has 0 fully saturated rings. The number of hydrogen-bond acceptors (Lipinski definition) is 2. The van der Waals surface area contributed by atoms with Crippen molar-refractivity contribution in [2.24, 2.45) is 5.16 Å². The number of hydrogen-bond donors (Lipinski definition) is 0. The zero-order valence-electron chi connectivity index (χ0n) is 10.5. The summed E-state index contributed by atoms with van der Waals surface area (Å²) in [5.74, 6) is 0. The third-order valence-corrected chi connectivity index (χ3v) is 2.65. The first-order chi connectivity index (χ1) is 8.88. The molecular weight excluding hydrogens is 222 g/mol. The van der Waals surface area contributed by atoms with E-state index >= 15 is 0 Å². The van der Waals surface area contributed by atoms with Gasteiger partial charge in [0.15, 0.2) is 0 Å². The van der Waals surface area contributed by atoms with Gasteiger partial charge in [-0.1, -0.05) is 60.6 Å². The average Bonchev–Trinajstić information content (AvgIpc) is 2.45. The molecule has 91 valence electrons. The van der Waals surface area contributed by atoms with Gasteiger partial charge in [0.2, 0.25) is 0 Å². The molecule has 0 saturated heterocycles. The summed E-state index contributed by atoms with van der Waals surface area (Å²) in [6, 6.07) is 18.1. The Morgan fingerprint density at radius 1 is 1.00 bits per heavy atom. The van der Waals surface area contributed by atoms with Gasteiger partial charge in [-0.05, 0) is 23.6 Å². The second kappa shape index (κ2) is 6.60. The van der Waals surface area contributed by atoms with Crippen molar-refractivity contribution in [3.8, 4) is 0 Å². The molecule has 2 nitrogen and oxygen atoms in total. The minimum absolute atomic E-state index is 0.474. The maximum absolute atomic E-state index is 5.21. The van der Waals surface area contributed by atoms with Crippen molar-refractivity contribution in [3.63, 3.8) is 0 Å². The molecule has 0 N–H and O–H groups in total. The molecule has 2 rings (SSSR count). The first-order valence-corrected chi connectivity index (χ1v) is 6.09. The number of aryl methyl sites for hydroxylation is 1. The van der Waals surface area contributed by atoms with Crippen LogP contribution in [0, 0.1) is 0 Å². The van der Waals surface area contributed by atoms with Crippen LogP contribution in [0.5, 0.6) is 0 Å². The van der Waals surface area contributed by atoms with Gasteiger partial charge in [0, 0.05) is 5.56 Å². The lowest BCUT2D eigenvalue weighted by atomic mass is 10.1. The summed E-state index contributed by atoms with van der Waals surface area (Å²) in [6.45, 7) is 2.60. The fourth-order valence-corrected chi connectivity index (χ4v) is 1.63. The Morgan fingerprint density at radius 3 is 2.56 bits per heavy atom. The van der Waals surface area contributed by atoms with Gasteiger partial charge in [-0.25, -0.2) is 0 Å². The van der Waals surface area contributed by atoms with Gasteiger partial charge >= 0.3 is 0 Å². The Morgan fingerprint density at radius 2 is 1.78 bits per heavy atom. The third kappa shape index (κ3) is 3.74. The molecule has 0 aliphatic heterocycles. The predicted molar refractivity (Wildman–Crippen MR) is 73.6 cm³/mol. The molecule has 2 heteroatoms. The van der Waals surface area contributed by atoms with E-state index in [1.165, 1.54) is 5.56 Å². The van der Waals surface area contributed by atoms with Crippen LogP contribution in [0.3, 0.4) is 0 Å². The molecule has 0 heterocycles. The summed E-state index contributed by atoms with van der Waals surface area (Å²) in [5.41, 5.74) is 3.33. The molecular formula is C16H16NO. The third-order valence-electron chi connectivity index (χ3n) is 2.65. The van der Waals surface area contributed by atoms with Crippen molar-refractivity contribution in [1.82, 2.24) is 0 Å². The number of rotatable bonds is 5. The minimum Gasteiger partial charge on any atom is -0.390 e. The molecule has 0 amide bonds. The molecule has 2 aromatic carbocycles. The Hall–Kier alpha value is -2.09. The van der Waals surface area contributed by atoms with Gasteiger partial charge in [-0.2, -0.15) is 0 Å². The molecule has 0 aliphatic rings. The molecule has 1 radical (unpaired) electrons. The Kier molecular flexibility index (Phi) is 4.53. The summed E-state index contributed by atoms with van der Waals surface area (Å²) in [4.78, 5) is 5.21. The molecule has 18 heavy (non-hydrogen) atoms. The van der Waals surface area contributed by atoms with Crippen LogP contribution in [-0.2, 0) is 17.9 Å². The normalized spacial score (nSPS) is 10.7. The van der Waals surface area contributed by atoms with Crippen LogP contribution in [0.1, 0.15) is 23.6 Å². The van der Waals surface area contributed by atoms with Crippen LogP contribution < -0.4 is 0 Å². The van der Waals surface area contributed by atoms with Crippen LogP contribution in [0.4, 0.5) is 0 Å². The van der Waals surface area contributed by atoms with Crippen molar-refractivity contribution >= 4 is 6.21 Å². The molecule has 0 bridgehead atoms. The van der Waals surface area contributed by atoms with E-state index in [0.29, 0.717) is 6.61 Å². The topological polar surface area (TPSA) is 21.6 Å². The lowest BCUT2D eigenvalue weighted by molar-refractivity contribution is 0.132. The number of nitrogens with zero attached hydrogens (tertiary/aromatic N) is 1. The molecule has 0 spiro atoms. The summed E-state index contributed by atoms with van der Waals surface area (Å²) < 4.78 is 0. The average molecular weight is 238 g/mol. The summed E-state index contributed by atoms with van der Waals surface area (Å²) in [5, 5.41) is 3.86. The monoisotopic (exact) mass is 238 g/mol. The zero-order valence-corrected chi connectivity index (χ0v) is 10.5. The van der Waals surface area contributed by atoms with E-state index in [1.807, 2.05) is 42.5 Å². The minimum atomic E-state index is 0.474. The SMILES string of the molecule is CCc1cccc(/[C]=N\OCc2ccccc2)c1. The maximum atomic E-state index is 5.21. The first kappa shape index (κ1) is 12.4. The van der Waals surface area contributed by atoms with E-state index in [-0.39, 0.29) is 0 Å². The van der Waals surface area contributed by atoms with Crippen molar-refractivity contribution in [1.29, 1.82) is 0 Å². The van der Waals surface area contributed by atoms with E-state index in [2.05, 4.69) is 30.4 Å². The lowest BCUT2D eigenvalue weighted by Crippen LogP contribution is -1.89. The maximum Gasteiger partial charge on any atom is 0.142 e. The second-order valence-corrected chi connectivity index (χ2v) is 4.02. The van der Waals surface area contributed by atoms with Crippen molar-refractivity contribution in [3.05, 3.63) is 71.3 Å². The van der Waals surface area contributed by atoms with Crippen LogP contribution in [0.2, 0.25) is 0 Å². The quantitative estimate of drug-likeness (QED) is 0.575. The fourth-order valence-electron chi connectivity index (χ4n) is 1.63. The fraction of sp³-hybridized carbons (Fsp3) is 0.188. The van der Waals surface area contributed by atoms with Gasteiger partial charge in [0.1, 0.15) is 12.8 Å². The van der Waals surface area contributed by atoms with Crippen LogP contribution >= 0.6 is 0 Å². The van der Waals surface area contributed by atoms with Crippen molar-refractivity contribution in [2.75, 3.05) is 0 Å².